The third kappa shape index (κ3) is 4.24. The van der Waals surface area contributed by atoms with Gasteiger partial charge in [-0.05, 0) is 52.0 Å². The van der Waals surface area contributed by atoms with Crippen molar-refractivity contribution in [3.05, 3.63) is 20.8 Å². The Hall–Kier alpha value is -1.34. The molecule has 0 unspecified atom stereocenters. The van der Waals surface area contributed by atoms with Crippen LogP contribution in [0.5, 0.6) is 0 Å². The number of fused-ring (bicyclic) bond motifs is 1. The zero-order valence-corrected chi connectivity index (χ0v) is 18.4. The van der Waals surface area contributed by atoms with Gasteiger partial charge in [-0.1, -0.05) is 31.5 Å². The van der Waals surface area contributed by atoms with Gasteiger partial charge in [-0.15, -0.1) is 11.3 Å². The Morgan fingerprint density at radius 3 is 2.70 bits per heavy atom. The van der Waals surface area contributed by atoms with Gasteiger partial charge in [0.1, 0.15) is 4.83 Å². The molecule has 0 aliphatic heterocycles. The smallest absolute Gasteiger partial charge is 0.263 e. The first-order valence-electron chi connectivity index (χ1n) is 9.74. The fourth-order valence-electron chi connectivity index (χ4n) is 3.75. The van der Waals surface area contributed by atoms with E-state index in [0.29, 0.717) is 11.1 Å². The Morgan fingerprint density at radius 2 is 2.04 bits per heavy atom. The summed E-state index contributed by atoms with van der Waals surface area (Å²) in [5.74, 6) is 0.854. The van der Waals surface area contributed by atoms with E-state index in [4.69, 9.17) is 4.98 Å². The molecule has 148 valence electrons. The largest absolute Gasteiger partial charge is 0.352 e. The molecular weight excluding hydrogens is 378 g/mol. The van der Waals surface area contributed by atoms with E-state index in [9.17, 15) is 9.59 Å². The predicted molar refractivity (Wildman–Crippen MR) is 114 cm³/mol. The summed E-state index contributed by atoms with van der Waals surface area (Å²) in [4.78, 5) is 32.2. The van der Waals surface area contributed by atoms with E-state index in [0.717, 1.165) is 27.1 Å². The third-order valence-electron chi connectivity index (χ3n) is 5.51. The number of hydrogen-bond donors (Lipinski definition) is 1. The molecule has 0 radical (unpaired) electrons. The molecule has 0 saturated heterocycles. The van der Waals surface area contributed by atoms with Crippen molar-refractivity contribution >= 4 is 39.2 Å². The summed E-state index contributed by atoms with van der Waals surface area (Å²) < 4.78 is 1.72. The van der Waals surface area contributed by atoms with Crippen molar-refractivity contribution in [3.63, 3.8) is 0 Å². The first-order chi connectivity index (χ1) is 12.8. The van der Waals surface area contributed by atoms with E-state index in [1.165, 1.54) is 31.0 Å². The second kappa shape index (κ2) is 8.35. The SMILES string of the molecule is Cc1sc2nc(SCC(=O)N[C@H]3CCCC[C@H]3C)n(C(C)C)c(=O)c2c1C. The van der Waals surface area contributed by atoms with Crippen LogP contribution in [0, 0.1) is 19.8 Å². The maximum Gasteiger partial charge on any atom is 0.263 e. The van der Waals surface area contributed by atoms with Gasteiger partial charge >= 0.3 is 0 Å². The number of thioether (sulfide) groups is 1. The molecule has 0 aromatic carbocycles. The third-order valence-corrected chi connectivity index (χ3v) is 7.56. The number of carbonyl (C=O) groups is 1. The lowest BCUT2D eigenvalue weighted by molar-refractivity contribution is -0.119. The van der Waals surface area contributed by atoms with Gasteiger partial charge in [0.05, 0.1) is 11.1 Å². The van der Waals surface area contributed by atoms with Crippen LogP contribution in [0.1, 0.15) is 62.9 Å². The highest BCUT2D eigenvalue weighted by Crippen LogP contribution is 2.29. The van der Waals surface area contributed by atoms with Crippen LogP contribution in [0.15, 0.2) is 9.95 Å². The molecule has 2 aromatic heterocycles. The number of rotatable bonds is 5. The number of nitrogens with one attached hydrogen (secondary N) is 1. The standard InChI is InChI=1S/C20H29N3O2S2/c1-11(2)23-19(25)17-13(4)14(5)27-18(17)22-20(23)26-10-16(24)21-15-9-7-6-8-12(15)3/h11-12,15H,6-10H2,1-5H3,(H,21,24)/t12-,15+/m1/s1. The van der Waals surface area contributed by atoms with Gasteiger partial charge in [0, 0.05) is 17.0 Å². The number of amides is 1. The average molecular weight is 408 g/mol. The lowest BCUT2D eigenvalue weighted by Crippen LogP contribution is -2.42. The molecule has 1 aliphatic carbocycles. The minimum Gasteiger partial charge on any atom is -0.352 e. The molecule has 2 aromatic rings. The molecule has 0 bridgehead atoms. The lowest BCUT2D eigenvalue weighted by atomic mass is 9.86. The highest BCUT2D eigenvalue weighted by molar-refractivity contribution is 7.99. The molecular formula is C20H29N3O2S2. The maximum atomic E-state index is 13.0. The van der Waals surface area contributed by atoms with Crippen LogP contribution < -0.4 is 10.9 Å². The first-order valence-corrected chi connectivity index (χ1v) is 11.5. The van der Waals surface area contributed by atoms with Crippen molar-refractivity contribution in [2.45, 2.75) is 77.5 Å². The quantitative estimate of drug-likeness (QED) is 0.588. The number of aromatic nitrogens is 2. The van der Waals surface area contributed by atoms with Crippen LogP contribution >= 0.6 is 23.1 Å². The van der Waals surface area contributed by atoms with Crippen molar-refractivity contribution in [2.24, 2.45) is 5.92 Å². The highest BCUT2D eigenvalue weighted by Gasteiger charge is 2.24. The van der Waals surface area contributed by atoms with Crippen LogP contribution in [-0.2, 0) is 4.79 Å². The molecule has 1 fully saturated rings. The summed E-state index contributed by atoms with van der Waals surface area (Å²) in [6.45, 7) is 10.2. The lowest BCUT2D eigenvalue weighted by Gasteiger charge is -2.29. The van der Waals surface area contributed by atoms with Gasteiger partial charge in [0.25, 0.3) is 5.56 Å². The zero-order chi connectivity index (χ0) is 19.7. The van der Waals surface area contributed by atoms with Crippen molar-refractivity contribution in [3.8, 4) is 0 Å². The molecule has 5 nitrogen and oxygen atoms in total. The van der Waals surface area contributed by atoms with Crippen LogP contribution in [-0.4, -0.2) is 27.3 Å². The molecule has 27 heavy (non-hydrogen) atoms. The van der Waals surface area contributed by atoms with Gasteiger partial charge in [-0.3, -0.25) is 14.2 Å². The zero-order valence-electron chi connectivity index (χ0n) is 16.8. The normalized spacial score (nSPS) is 20.4. The minimum atomic E-state index is -0.00191. The van der Waals surface area contributed by atoms with Crippen molar-refractivity contribution in [1.29, 1.82) is 0 Å². The van der Waals surface area contributed by atoms with Crippen molar-refractivity contribution < 1.29 is 4.79 Å². The molecule has 1 N–H and O–H groups in total. The molecule has 2 heterocycles. The van der Waals surface area contributed by atoms with E-state index in [1.807, 2.05) is 27.7 Å². The van der Waals surface area contributed by atoms with E-state index in [-0.39, 0.29) is 29.3 Å². The number of carbonyl (C=O) groups excluding carboxylic acids is 1. The summed E-state index contributed by atoms with van der Waals surface area (Å²) in [7, 11) is 0. The Labute approximate surface area is 169 Å². The van der Waals surface area contributed by atoms with Gasteiger partial charge in [-0.2, -0.15) is 0 Å². The van der Waals surface area contributed by atoms with Crippen molar-refractivity contribution in [2.75, 3.05) is 5.75 Å². The van der Waals surface area contributed by atoms with E-state index >= 15 is 0 Å². The Morgan fingerprint density at radius 1 is 1.33 bits per heavy atom. The summed E-state index contributed by atoms with van der Waals surface area (Å²) in [5, 5.41) is 4.53. The van der Waals surface area contributed by atoms with Crippen LogP contribution in [0.25, 0.3) is 10.2 Å². The summed E-state index contributed by atoms with van der Waals surface area (Å²) in [5.41, 5.74) is 1.02. The molecule has 3 rings (SSSR count). The Balaban J connectivity index is 1.80. The van der Waals surface area contributed by atoms with Crippen LogP contribution in [0.4, 0.5) is 0 Å². The van der Waals surface area contributed by atoms with Crippen LogP contribution in [0.2, 0.25) is 0 Å². The van der Waals surface area contributed by atoms with E-state index in [1.54, 1.807) is 15.9 Å². The van der Waals surface area contributed by atoms with Gasteiger partial charge < -0.3 is 5.32 Å². The molecule has 1 aliphatic rings. The molecule has 0 spiro atoms. The fourth-order valence-corrected chi connectivity index (χ4v) is 5.76. The van der Waals surface area contributed by atoms with E-state index in [2.05, 4.69) is 12.2 Å². The van der Waals surface area contributed by atoms with Crippen LogP contribution in [0.3, 0.4) is 0 Å². The fraction of sp³-hybridized carbons (Fsp3) is 0.650. The first kappa shape index (κ1) is 20.4. The monoisotopic (exact) mass is 407 g/mol. The molecule has 1 saturated carbocycles. The number of nitrogens with zero attached hydrogens (tertiary/aromatic N) is 2. The summed E-state index contributed by atoms with van der Waals surface area (Å²) in [6, 6.07) is 0.273. The highest BCUT2D eigenvalue weighted by atomic mass is 32.2. The average Bonchev–Trinajstić information content (AvgIpc) is 2.89. The molecule has 1 amide bonds. The Bertz CT molecular complexity index is 901. The molecule has 7 heteroatoms. The van der Waals surface area contributed by atoms with Gasteiger partial charge in [0.2, 0.25) is 5.91 Å². The van der Waals surface area contributed by atoms with Gasteiger partial charge in [-0.25, -0.2) is 4.98 Å². The number of thiophene rings is 1. The summed E-state index contributed by atoms with van der Waals surface area (Å²) >= 11 is 2.92. The minimum absolute atomic E-state index is 0.000612. The number of aryl methyl sites for hydroxylation is 2. The topological polar surface area (TPSA) is 64.0 Å². The summed E-state index contributed by atoms with van der Waals surface area (Å²) in [6.07, 6.45) is 4.68. The van der Waals surface area contributed by atoms with E-state index < -0.39 is 0 Å². The second-order valence-corrected chi connectivity index (χ2v) is 10.00. The maximum absolute atomic E-state index is 13.0. The Kier molecular flexibility index (Phi) is 6.31. The molecule has 2 atom stereocenters. The second-order valence-electron chi connectivity index (χ2n) is 7.85. The number of hydrogen-bond acceptors (Lipinski definition) is 5. The van der Waals surface area contributed by atoms with Crippen molar-refractivity contribution in [1.82, 2.24) is 14.9 Å². The van der Waals surface area contributed by atoms with Gasteiger partial charge in [0.15, 0.2) is 5.16 Å². The predicted octanol–water partition coefficient (Wildman–Crippen LogP) is 4.44.